The van der Waals surface area contributed by atoms with E-state index in [1.54, 1.807) is 48.5 Å². The Morgan fingerprint density at radius 2 is 1.50 bits per heavy atom. The maximum atomic E-state index is 12.3. The Hall–Kier alpha value is -2.52. The molecule has 1 fully saturated rings. The molecule has 0 radical (unpaired) electrons. The van der Waals surface area contributed by atoms with E-state index in [1.807, 2.05) is 0 Å². The van der Waals surface area contributed by atoms with Crippen LogP contribution in [-0.4, -0.2) is 71.9 Å². The van der Waals surface area contributed by atoms with Gasteiger partial charge in [-0.2, -0.15) is 0 Å². The molecule has 0 spiro atoms. The van der Waals surface area contributed by atoms with Crippen molar-refractivity contribution < 1.29 is 33.4 Å². The van der Waals surface area contributed by atoms with Crippen LogP contribution in [0.3, 0.4) is 0 Å². The molecule has 0 bridgehead atoms. The molecular formula is C18H31N3O7. The van der Waals surface area contributed by atoms with Crippen molar-refractivity contribution in [1.29, 1.82) is 0 Å². The molecule has 1 saturated heterocycles. The SMILES string of the molecule is CCOC(=O)C1(NC(=O)CNC(=O)OC(C)(C)C)CN(C(=O)OC(C)(C)C)C1. The van der Waals surface area contributed by atoms with Gasteiger partial charge in [0.25, 0.3) is 0 Å². The van der Waals surface area contributed by atoms with Gasteiger partial charge < -0.3 is 29.7 Å². The van der Waals surface area contributed by atoms with Crippen molar-refractivity contribution >= 4 is 24.1 Å². The van der Waals surface area contributed by atoms with Crippen LogP contribution in [0.15, 0.2) is 0 Å². The van der Waals surface area contributed by atoms with Crippen molar-refractivity contribution in [3.05, 3.63) is 0 Å². The van der Waals surface area contributed by atoms with Crippen LogP contribution in [0, 0.1) is 0 Å². The maximum Gasteiger partial charge on any atom is 0.410 e. The molecule has 0 unspecified atom stereocenters. The highest BCUT2D eigenvalue weighted by Gasteiger charge is 2.54. The van der Waals surface area contributed by atoms with Crippen LogP contribution in [0.25, 0.3) is 0 Å². The summed E-state index contributed by atoms with van der Waals surface area (Å²) in [5, 5.41) is 4.86. The van der Waals surface area contributed by atoms with Crippen molar-refractivity contribution in [3.63, 3.8) is 0 Å². The van der Waals surface area contributed by atoms with Gasteiger partial charge in [0.05, 0.1) is 19.7 Å². The van der Waals surface area contributed by atoms with Crippen LogP contribution in [0.2, 0.25) is 0 Å². The standard InChI is InChI=1S/C18H31N3O7/c1-8-26-13(23)18(10-21(11-18)15(25)28-17(5,6)7)20-12(22)9-19-14(24)27-16(2,3)4/h8-11H2,1-7H3,(H,19,24)(H,20,22). The maximum absolute atomic E-state index is 12.3. The van der Waals surface area contributed by atoms with Crippen LogP contribution in [-0.2, 0) is 23.8 Å². The monoisotopic (exact) mass is 401 g/mol. The number of esters is 1. The van der Waals surface area contributed by atoms with Gasteiger partial charge in [0.2, 0.25) is 5.91 Å². The zero-order chi connectivity index (χ0) is 21.8. The highest BCUT2D eigenvalue weighted by atomic mass is 16.6. The average Bonchev–Trinajstić information content (AvgIpc) is 2.44. The summed E-state index contributed by atoms with van der Waals surface area (Å²) in [5.41, 5.74) is -2.76. The molecule has 3 amide bonds. The molecule has 0 aromatic heterocycles. The third-order valence-electron chi connectivity index (χ3n) is 3.41. The van der Waals surface area contributed by atoms with Crippen molar-refractivity contribution in [3.8, 4) is 0 Å². The Morgan fingerprint density at radius 1 is 0.964 bits per heavy atom. The molecule has 1 heterocycles. The number of hydrogen-bond acceptors (Lipinski definition) is 7. The number of ether oxygens (including phenoxy) is 3. The summed E-state index contributed by atoms with van der Waals surface area (Å²) < 4.78 is 15.3. The summed E-state index contributed by atoms with van der Waals surface area (Å²) in [6.45, 7) is 11.5. The number of amides is 3. The molecule has 2 N–H and O–H groups in total. The molecular weight excluding hydrogens is 370 g/mol. The van der Waals surface area contributed by atoms with E-state index in [9.17, 15) is 19.2 Å². The molecule has 1 aliphatic heterocycles. The summed E-state index contributed by atoms with van der Waals surface area (Å²) >= 11 is 0. The predicted molar refractivity (Wildman–Crippen MR) is 99.6 cm³/mol. The number of carbonyl (C=O) groups is 4. The largest absolute Gasteiger partial charge is 0.464 e. The molecule has 0 aromatic carbocycles. The van der Waals surface area contributed by atoms with Gasteiger partial charge in [0, 0.05) is 0 Å². The van der Waals surface area contributed by atoms with E-state index in [0.717, 1.165) is 0 Å². The van der Waals surface area contributed by atoms with Crippen molar-refractivity contribution in [2.24, 2.45) is 0 Å². The lowest BCUT2D eigenvalue weighted by Crippen LogP contribution is -2.76. The van der Waals surface area contributed by atoms with Crippen molar-refractivity contribution in [2.45, 2.75) is 65.2 Å². The fourth-order valence-corrected chi connectivity index (χ4v) is 2.37. The first kappa shape index (κ1) is 23.5. The van der Waals surface area contributed by atoms with Crippen LogP contribution in [0.5, 0.6) is 0 Å². The summed E-state index contributed by atoms with van der Waals surface area (Å²) in [6.07, 6.45) is -1.34. The minimum Gasteiger partial charge on any atom is -0.464 e. The number of nitrogens with zero attached hydrogens (tertiary/aromatic N) is 1. The lowest BCUT2D eigenvalue weighted by molar-refractivity contribution is -0.161. The van der Waals surface area contributed by atoms with Gasteiger partial charge in [-0.25, -0.2) is 14.4 Å². The third-order valence-corrected chi connectivity index (χ3v) is 3.41. The van der Waals surface area contributed by atoms with E-state index in [2.05, 4.69) is 10.6 Å². The van der Waals surface area contributed by atoms with Gasteiger partial charge in [0.1, 0.15) is 17.7 Å². The number of rotatable bonds is 5. The molecule has 0 aliphatic carbocycles. The lowest BCUT2D eigenvalue weighted by atomic mass is 9.90. The average molecular weight is 401 g/mol. The Kier molecular flexibility index (Phi) is 7.27. The van der Waals surface area contributed by atoms with Gasteiger partial charge in [-0.3, -0.25) is 4.79 Å². The minimum absolute atomic E-state index is 0.0844. The summed E-state index contributed by atoms with van der Waals surface area (Å²) in [7, 11) is 0. The first-order chi connectivity index (χ1) is 12.7. The first-order valence-electron chi connectivity index (χ1n) is 9.10. The van der Waals surface area contributed by atoms with Crippen molar-refractivity contribution in [1.82, 2.24) is 15.5 Å². The summed E-state index contributed by atoms with van der Waals surface area (Å²) in [6, 6.07) is 0. The van der Waals surface area contributed by atoms with Crippen LogP contribution in [0.1, 0.15) is 48.5 Å². The van der Waals surface area contributed by atoms with Crippen LogP contribution >= 0.6 is 0 Å². The fourth-order valence-electron chi connectivity index (χ4n) is 2.37. The molecule has 1 aliphatic rings. The van der Waals surface area contributed by atoms with Gasteiger partial charge in [0.15, 0.2) is 5.54 Å². The molecule has 1 rings (SSSR count). The fraction of sp³-hybridized carbons (Fsp3) is 0.778. The second-order valence-electron chi connectivity index (χ2n) is 8.54. The Morgan fingerprint density at radius 3 is 1.96 bits per heavy atom. The lowest BCUT2D eigenvalue weighted by Gasteiger charge is -2.47. The molecule has 0 aromatic rings. The highest BCUT2D eigenvalue weighted by Crippen LogP contribution is 2.25. The van der Waals surface area contributed by atoms with E-state index in [4.69, 9.17) is 14.2 Å². The van der Waals surface area contributed by atoms with Gasteiger partial charge in [-0.1, -0.05) is 0 Å². The van der Waals surface area contributed by atoms with E-state index >= 15 is 0 Å². The Bertz CT molecular complexity index is 614. The highest BCUT2D eigenvalue weighted by molar-refractivity contribution is 5.92. The minimum atomic E-state index is -1.38. The Labute approximate surface area is 165 Å². The Balaban J connectivity index is 2.67. The molecule has 10 heteroatoms. The quantitative estimate of drug-likeness (QED) is 0.524. The van der Waals surface area contributed by atoms with Gasteiger partial charge in [-0.05, 0) is 48.5 Å². The van der Waals surface area contributed by atoms with Gasteiger partial charge >= 0.3 is 18.2 Å². The predicted octanol–water partition coefficient (Wildman–Crippen LogP) is 1.18. The zero-order valence-corrected chi connectivity index (χ0v) is 17.6. The molecule has 28 heavy (non-hydrogen) atoms. The van der Waals surface area contributed by atoms with E-state index < -0.39 is 40.8 Å². The number of carbonyl (C=O) groups excluding carboxylic acids is 4. The van der Waals surface area contributed by atoms with Crippen LogP contribution < -0.4 is 10.6 Å². The zero-order valence-electron chi connectivity index (χ0n) is 17.6. The molecule has 0 atom stereocenters. The topological polar surface area (TPSA) is 123 Å². The second kappa shape index (κ2) is 8.66. The normalized spacial score (nSPS) is 15.8. The van der Waals surface area contributed by atoms with Gasteiger partial charge in [-0.15, -0.1) is 0 Å². The first-order valence-corrected chi connectivity index (χ1v) is 9.10. The third kappa shape index (κ3) is 7.24. The van der Waals surface area contributed by atoms with Crippen molar-refractivity contribution in [2.75, 3.05) is 26.2 Å². The summed E-state index contributed by atoms with van der Waals surface area (Å²) in [4.78, 5) is 49.6. The number of alkyl carbamates (subject to hydrolysis) is 1. The smallest absolute Gasteiger partial charge is 0.410 e. The van der Waals surface area contributed by atoms with Crippen LogP contribution in [0.4, 0.5) is 9.59 Å². The number of likely N-dealkylation sites (tertiary alicyclic amines) is 1. The van der Waals surface area contributed by atoms with E-state index in [-0.39, 0.29) is 26.2 Å². The molecule has 160 valence electrons. The molecule has 10 nitrogen and oxygen atoms in total. The van der Waals surface area contributed by atoms with E-state index in [1.165, 1.54) is 4.90 Å². The molecule has 0 saturated carbocycles. The number of hydrogen-bond donors (Lipinski definition) is 2. The second-order valence-corrected chi connectivity index (χ2v) is 8.54. The number of nitrogens with one attached hydrogen (secondary N) is 2. The summed E-state index contributed by atoms with van der Waals surface area (Å²) in [5.74, 6) is -1.26. The van der Waals surface area contributed by atoms with E-state index in [0.29, 0.717) is 0 Å².